The predicted octanol–water partition coefficient (Wildman–Crippen LogP) is 3.90. The normalized spacial score (nSPS) is 18.5. The second-order valence-electron chi connectivity index (χ2n) is 7.46. The van der Waals surface area contributed by atoms with Crippen molar-refractivity contribution in [1.29, 1.82) is 0 Å². The Morgan fingerprint density at radius 3 is 2.29 bits per heavy atom. The molecule has 3 aromatic heterocycles. The number of fused-ring (bicyclic) bond motifs is 4. The van der Waals surface area contributed by atoms with E-state index in [-0.39, 0.29) is 12.6 Å². The zero-order chi connectivity index (χ0) is 20.8. The molecule has 7 nitrogen and oxygen atoms in total. The lowest BCUT2D eigenvalue weighted by atomic mass is 9.80. The Labute approximate surface area is 178 Å². The maximum absolute atomic E-state index is 6.22. The Morgan fingerprint density at radius 1 is 0.806 bits per heavy atom. The van der Waals surface area contributed by atoms with Gasteiger partial charge in [-0.15, -0.1) is 0 Å². The number of nitrogens with zero attached hydrogens (tertiary/aromatic N) is 4. The van der Waals surface area contributed by atoms with Crippen molar-refractivity contribution in [3.63, 3.8) is 0 Å². The molecule has 0 saturated heterocycles. The minimum Gasteiger partial charge on any atom is -0.462 e. The first-order chi connectivity index (χ1) is 15.2. The minimum atomic E-state index is -0.814. The Bertz CT molecular complexity index is 1230. The van der Waals surface area contributed by atoms with Gasteiger partial charge in [0.15, 0.2) is 11.3 Å². The van der Waals surface area contributed by atoms with Crippen molar-refractivity contribution in [2.45, 2.75) is 5.54 Å². The van der Waals surface area contributed by atoms with E-state index in [9.17, 15) is 0 Å². The first-order valence-electron chi connectivity index (χ1n) is 9.85. The predicted molar refractivity (Wildman–Crippen MR) is 116 cm³/mol. The number of hydrogen-bond donors (Lipinski definition) is 1. The molecule has 0 bridgehead atoms. The maximum Gasteiger partial charge on any atom is 0.283 e. The second-order valence-corrected chi connectivity index (χ2v) is 7.46. The molecule has 1 atom stereocenters. The first kappa shape index (κ1) is 17.6. The second kappa shape index (κ2) is 6.63. The van der Waals surface area contributed by atoms with Crippen LogP contribution in [0.5, 0.6) is 11.5 Å². The van der Waals surface area contributed by atoms with Gasteiger partial charge in [-0.25, -0.2) is 4.99 Å². The van der Waals surface area contributed by atoms with E-state index in [4.69, 9.17) is 20.2 Å². The maximum atomic E-state index is 6.22. The summed E-state index contributed by atoms with van der Waals surface area (Å²) in [5.74, 6) is 1.34. The summed E-state index contributed by atoms with van der Waals surface area (Å²) >= 11 is 0. The number of hydrogen-bond acceptors (Lipinski definition) is 7. The van der Waals surface area contributed by atoms with Gasteiger partial charge in [-0.05, 0) is 42.0 Å². The molecule has 150 valence electrons. The van der Waals surface area contributed by atoms with Gasteiger partial charge in [-0.3, -0.25) is 15.0 Å². The number of aliphatic imine (C=N–C) groups is 1. The van der Waals surface area contributed by atoms with Crippen LogP contribution < -0.4 is 10.5 Å². The fourth-order valence-electron chi connectivity index (χ4n) is 4.15. The van der Waals surface area contributed by atoms with Crippen LogP contribution in [0.4, 0.5) is 0 Å². The largest absolute Gasteiger partial charge is 0.462 e. The van der Waals surface area contributed by atoms with Crippen molar-refractivity contribution in [1.82, 2.24) is 15.0 Å². The summed E-state index contributed by atoms with van der Waals surface area (Å²) in [5.41, 5.74) is 10.7. The summed E-state index contributed by atoms with van der Waals surface area (Å²) < 4.78 is 11.9. The lowest BCUT2D eigenvalue weighted by molar-refractivity contribution is 0.264. The van der Waals surface area contributed by atoms with E-state index in [1.165, 1.54) is 0 Å². The number of ether oxygens (including phenoxy) is 2. The Balaban J connectivity index is 1.56. The molecule has 1 spiro atoms. The molecule has 0 fully saturated rings. The lowest BCUT2D eigenvalue weighted by Crippen LogP contribution is -2.31. The first-order valence-corrected chi connectivity index (χ1v) is 9.85. The van der Waals surface area contributed by atoms with Crippen LogP contribution >= 0.6 is 0 Å². The van der Waals surface area contributed by atoms with Crippen molar-refractivity contribution in [3.05, 3.63) is 90.6 Å². The molecule has 0 saturated carbocycles. The fraction of sp³-hybridized carbons (Fsp3) is 0.0833. The Hall–Kier alpha value is -4.26. The van der Waals surface area contributed by atoms with Crippen molar-refractivity contribution in [3.8, 4) is 33.9 Å². The molecule has 0 unspecified atom stereocenters. The molecule has 7 heteroatoms. The van der Waals surface area contributed by atoms with E-state index >= 15 is 0 Å². The van der Waals surface area contributed by atoms with Crippen LogP contribution in [0.15, 0.2) is 84.5 Å². The highest BCUT2D eigenvalue weighted by Crippen LogP contribution is 2.52. The Morgan fingerprint density at radius 2 is 1.58 bits per heavy atom. The molecular formula is C24H17N5O2. The van der Waals surface area contributed by atoms with Crippen LogP contribution in [0.1, 0.15) is 11.1 Å². The summed E-state index contributed by atoms with van der Waals surface area (Å²) in [5, 5.41) is 0. The molecule has 0 amide bonds. The van der Waals surface area contributed by atoms with Crippen LogP contribution in [-0.2, 0) is 10.3 Å². The van der Waals surface area contributed by atoms with Gasteiger partial charge in [-0.2, -0.15) is 0 Å². The van der Waals surface area contributed by atoms with E-state index in [0.717, 1.165) is 33.5 Å². The van der Waals surface area contributed by atoms with Gasteiger partial charge < -0.3 is 15.2 Å². The number of rotatable bonds is 2. The van der Waals surface area contributed by atoms with Crippen LogP contribution in [-0.4, -0.2) is 27.6 Å². The van der Waals surface area contributed by atoms with E-state index < -0.39 is 5.54 Å². The van der Waals surface area contributed by atoms with Gasteiger partial charge >= 0.3 is 0 Å². The molecule has 5 heterocycles. The van der Waals surface area contributed by atoms with Crippen LogP contribution in [0.3, 0.4) is 0 Å². The lowest BCUT2D eigenvalue weighted by Gasteiger charge is -2.33. The van der Waals surface area contributed by atoms with Gasteiger partial charge in [0.05, 0.1) is 11.9 Å². The topological polar surface area (TPSA) is 95.5 Å². The molecule has 6 rings (SSSR count). The number of aromatic nitrogens is 3. The smallest absolute Gasteiger partial charge is 0.283 e. The van der Waals surface area contributed by atoms with E-state index in [2.05, 4.69) is 21.0 Å². The quantitative estimate of drug-likeness (QED) is 0.541. The number of benzene rings is 1. The molecule has 1 aromatic carbocycles. The van der Waals surface area contributed by atoms with Crippen molar-refractivity contribution >= 4 is 6.02 Å². The number of amidine groups is 1. The van der Waals surface area contributed by atoms with Crippen LogP contribution in [0, 0.1) is 0 Å². The summed E-state index contributed by atoms with van der Waals surface area (Å²) in [7, 11) is 0. The zero-order valence-electron chi connectivity index (χ0n) is 16.4. The number of nitrogens with two attached hydrogens (primary N) is 1. The van der Waals surface area contributed by atoms with E-state index in [1.54, 1.807) is 24.8 Å². The Kier molecular flexibility index (Phi) is 3.76. The van der Waals surface area contributed by atoms with Crippen molar-refractivity contribution < 1.29 is 9.47 Å². The van der Waals surface area contributed by atoms with Crippen molar-refractivity contribution in [2.75, 3.05) is 6.61 Å². The highest BCUT2D eigenvalue weighted by atomic mass is 16.5. The highest BCUT2D eigenvalue weighted by Gasteiger charge is 2.47. The van der Waals surface area contributed by atoms with Gasteiger partial charge in [0.1, 0.15) is 12.4 Å². The molecule has 2 aliphatic heterocycles. The molecular weight excluding hydrogens is 390 g/mol. The highest BCUT2D eigenvalue weighted by molar-refractivity contribution is 5.78. The molecule has 2 aliphatic rings. The summed E-state index contributed by atoms with van der Waals surface area (Å²) in [6.45, 7) is 0.287. The third-order valence-electron chi connectivity index (χ3n) is 5.64. The third-order valence-corrected chi connectivity index (χ3v) is 5.64. The standard InChI is InChI=1S/C24H17N5O2/c25-23-29-24(14-30-23)18-9-15(16-3-1-7-26-11-16)5-6-21(18)31-22-13-28-20(10-19(22)24)17-4-2-8-27-12-17/h1-13H,14H2,(H2,25,29)/t24-/m1/s1. The van der Waals surface area contributed by atoms with Gasteiger partial charge in [0.2, 0.25) is 0 Å². The van der Waals surface area contributed by atoms with Gasteiger partial charge in [0.25, 0.3) is 6.02 Å². The summed E-state index contributed by atoms with van der Waals surface area (Å²) in [4.78, 5) is 17.8. The van der Waals surface area contributed by atoms with Crippen molar-refractivity contribution in [2.24, 2.45) is 10.7 Å². The van der Waals surface area contributed by atoms with E-state index in [1.807, 2.05) is 48.7 Å². The molecule has 2 N–H and O–H groups in total. The molecule has 4 aromatic rings. The average Bonchev–Trinajstić information content (AvgIpc) is 3.22. The third kappa shape index (κ3) is 2.74. The summed E-state index contributed by atoms with van der Waals surface area (Å²) in [6.07, 6.45) is 8.83. The monoisotopic (exact) mass is 407 g/mol. The summed E-state index contributed by atoms with van der Waals surface area (Å²) in [6, 6.07) is 16.0. The van der Waals surface area contributed by atoms with Crippen LogP contribution in [0.2, 0.25) is 0 Å². The average molecular weight is 407 g/mol. The SMILES string of the molecule is NC1=N[C@]2(CO1)c1cc(-c3cccnc3)ccc1Oc1cnc(-c3cccnc3)cc12. The number of pyridine rings is 3. The van der Waals surface area contributed by atoms with E-state index in [0.29, 0.717) is 11.5 Å². The molecule has 0 aliphatic carbocycles. The van der Waals surface area contributed by atoms with Gasteiger partial charge in [-0.1, -0.05) is 12.1 Å². The molecule has 31 heavy (non-hydrogen) atoms. The van der Waals surface area contributed by atoms with Gasteiger partial charge in [0, 0.05) is 47.0 Å². The van der Waals surface area contributed by atoms with Crippen LogP contribution in [0.25, 0.3) is 22.4 Å². The fourth-order valence-corrected chi connectivity index (χ4v) is 4.15. The minimum absolute atomic E-state index is 0.158. The zero-order valence-corrected chi connectivity index (χ0v) is 16.4. The molecule has 0 radical (unpaired) electrons.